The number of rotatable bonds is 2. The maximum atomic E-state index is 12.9. The van der Waals surface area contributed by atoms with Crippen molar-refractivity contribution in [2.45, 2.75) is 0 Å². The summed E-state index contributed by atoms with van der Waals surface area (Å²) in [5.74, 6) is 0.607. The first kappa shape index (κ1) is 12.9. The first-order chi connectivity index (χ1) is 10.8. The standard InChI is InChI=1S/C17H11N3OS/c21-17-15-14(8-10-22-15)19-16(12-5-4-9-18-11-12)20(17)13-6-2-1-3-7-13/h1-11H. The highest BCUT2D eigenvalue weighted by atomic mass is 32.1. The molecule has 0 saturated carbocycles. The van der Waals surface area contributed by atoms with Crippen LogP contribution in [0.4, 0.5) is 0 Å². The molecule has 22 heavy (non-hydrogen) atoms. The van der Waals surface area contributed by atoms with Gasteiger partial charge in [-0.1, -0.05) is 18.2 Å². The van der Waals surface area contributed by atoms with Gasteiger partial charge in [0.2, 0.25) is 0 Å². The number of pyridine rings is 1. The molecule has 5 heteroatoms. The van der Waals surface area contributed by atoms with Crippen molar-refractivity contribution < 1.29 is 0 Å². The number of hydrogen-bond donors (Lipinski definition) is 0. The molecule has 3 aromatic heterocycles. The Balaban J connectivity index is 2.13. The van der Waals surface area contributed by atoms with E-state index in [0.29, 0.717) is 10.5 Å². The van der Waals surface area contributed by atoms with E-state index in [-0.39, 0.29) is 5.56 Å². The lowest BCUT2D eigenvalue weighted by molar-refractivity contribution is 0.977. The van der Waals surface area contributed by atoms with Gasteiger partial charge in [-0.25, -0.2) is 4.98 Å². The Morgan fingerprint density at radius 1 is 1.00 bits per heavy atom. The number of thiophene rings is 1. The van der Waals surface area contributed by atoms with Gasteiger partial charge in [0.15, 0.2) is 0 Å². The van der Waals surface area contributed by atoms with E-state index in [0.717, 1.165) is 16.8 Å². The molecular formula is C17H11N3OS. The van der Waals surface area contributed by atoms with Gasteiger partial charge in [-0.05, 0) is 35.7 Å². The molecule has 0 unspecified atom stereocenters. The molecule has 0 fully saturated rings. The SMILES string of the molecule is O=c1c2sccc2nc(-c2cccnc2)n1-c1ccccc1. The maximum Gasteiger partial charge on any atom is 0.276 e. The molecule has 3 heterocycles. The minimum absolute atomic E-state index is 0.0509. The highest BCUT2D eigenvalue weighted by Crippen LogP contribution is 2.23. The molecule has 0 radical (unpaired) electrons. The molecule has 0 spiro atoms. The van der Waals surface area contributed by atoms with Crippen LogP contribution < -0.4 is 5.56 Å². The van der Waals surface area contributed by atoms with Crippen molar-refractivity contribution in [2.75, 3.05) is 0 Å². The number of fused-ring (bicyclic) bond motifs is 1. The van der Waals surface area contributed by atoms with E-state index in [1.54, 1.807) is 17.0 Å². The van der Waals surface area contributed by atoms with Crippen LogP contribution in [0.1, 0.15) is 0 Å². The number of hydrogen-bond acceptors (Lipinski definition) is 4. The van der Waals surface area contributed by atoms with Gasteiger partial charge >= 0.3 is 0 Å². The lowest BCUT2D eigenvalue weighted by Gasteiger charge is -2.12. The minimum atomic E-state index is -0.0509. The molecule has 0 aliphatic heterocycles. The summed E-state index contributed by atoms with van der Waals surface area (Å²) < 4.78 is 2.31. The van der Waals surface area contributed by atoms with Crippen LogP contribution in [0, 0.1) is 0 Å². The predicted octanol–water partition coefficient (Wildman–Crippen LogP) is 3.51. The van der Waals surface area contributed by atoms with E-state index in [1.807, 2.05) is 53.9 Å². The first-order valence-corrected chi connectivity index (χ1v) is 7.68. The number of aromatic nitrogens is 3. The Hall–Kier alpha value is -2.79. The molecule has 0 aliphatic rings. The highest BCUT2D eigenvalue weighted by Gasteiger charge is 2.15. The van der Waals surface area contributed by atoms with Crippen LogP contribution in [-0.2, 0) is 0 Å². The molecule has 0 atom stereocenters. The van der Waals surface area contributed by atoms with E-state index in [2.05, 4.69) is 9.97 Å². The summed E-state index contributed by atoms with van der Waals surface area (Å²) in [6, 6.07) is 15.2. The second-order valence-corrected chi connectivity index (χ2v) is 5.70. The van der Waals surface area contributed by atoms with Crippen LogP contribution >= 0.6 is 11.3 Å². The third-order valence-electron chi connectivity index (χ3n) is 3.41. The third kappa shape index (κ3) is 2.03. The van der Waals surface area contributed by atoms with Crippen molar-refractivity contribution in [1.82, 2.24) is 14.5 Å². The molecule has 106 valence electrons. The second kappa shape index (κ2) is 5.20. The average Bonchev–Trinajstić information content (AvgIpc) is 3.05. The van der Waals surface area contributed by atoms with Gasteiger partial charge in [0, 0.05) is 18.0 Å². The third-order valence-corrected chi connectivity index (χ3v) is 4.31. The summed E-state index contributed by atoms with van der Waals surface area (Å²) in [7, 11) is 0. The Morgan fingerprint density at radius 2 is 1.86 bits per heavy atom. The molecule has 0 saturated heterocycles. The van der Waals surface area contributed by atoms with Crippen molar-refractivity contribution in [3.63, 3.8) is 0 Å². The van der Waals surface area contributed by atoms with E-state index >= 15 is 0 Å². The van der Waals surface area contributed by atoms with Crippen molar-refractivity contribution >= 4 is 21.6 Å². The molecule has 4 rings (SSSR count). The van der Waals surface area contributed by atoms with Gasteiger partial charge in [-0.2, -0.15) is 0 Å². The van der Waals surface area contributed by atoms with E-state index in [9.17, 15) is 4.79 Å². The summed E-state index contributed by atoms with van der Waals surface area (Å²) in [6.45, 7) is 0. The smallest absolute Gasteiger partial charge is 0.267 e. The topological polar surface area (TPSA) is 47.8 Å². The van der Waals surface area contributed by atoms with Crippen molar-refractivity contribution in [3.05, 3.63) is 76.7 Å². The second-order valence-electron chi connectivity index (χ2n) is 4.79. The van der Waals surface area contributed by atoms with Crippen LogP contribution in [0.15, 0.2) is 71.1 Å². The fourth-order valence-electron chi connectivity index (χ4n) is 2.42. The van der Waals surface area contributed by atoms with Crippen molar-refractivity contribution in [2.24, 2.45) is 0 Å². The molecule has 0 N–H and O–H groups in total. The normalized spacial score (nSPS) is 10.9. The van der Waals surface area contributed by atoms with Gasteiger partial charge in [-0.3, -0.25) is 14.3 Å². The van der Waals surface area contributed by atoms with Crippen LogP contribution in [0.25, 0.3) is 27.3 Å². The van der Waals surface area contributed by atoms with E-state index in [1.165, 1.54) is 11.3 Å². The predicted molar refractivity (Wildman–Crippen MR) is 88.4 cm³/mol. The lowest BCUT2D eigenvalue weighted by atomic mass is 10.2. The molecule has 4 nitrogen and oxygen atoms in total. The fourth-order valence-corrected chi connectivity index (χ4v) is 3.18. The fraction of sp³-hybridized carbons (Fsp3) is 0. The lowest BCUT2D eigenvalue weighted by Crippen LogP contribution is -2.21. The van der Waals surface area contributed by atoms with Gasteiger partial charge in [0.1, 0.15) is 10.5 Å². The molecule has 4 aromatic rings. The van der Waals surface area contributed by atoms with Crippen molar-refractivity contribution in [1.29, 1.82) is 0 Å². The van der Waals surface area contributed by atoms with Crippen LogP contribution in [-0.4, -0.2) is 14.5 Å². The molecule has 0 aliphatic carbocycles. The number of nitrogens with zero attached hydrogens (tertiary/aromatic N) is 3. The van der Waals surface area contributed by atoms with Gasteiger partial charge in [0.25, 0.3) is 5.56 Å². The van der Waals surface area contributed by atoms with Crippen molar-refractivity contribution in [3.8, 4) is 17.1 Å². The number of para-hydroxylation sites is 1. The molecular weight excluding hydrogens is 294 g/mol. The quantitative estimate of drug-likeness (QED) is 0.569. The molecule has 0 amide bonds. The Bertz CT molecular complexity index is 991. The average molecular weight is 305 g/mol. The Labute approximate surface area is 130 Å². The zero-order valence-electron chi connectivity index (χ0n) is 11.5. The number of benzene rings is 1. The summed E-state index contributed by atoms with van der Waals surface area (Å²) in [5, 5.41) is 1.89. The summed E-state index contributed by atoms with van der Waals surface area (Å²) >= 11 is 1.42. The van der Waals surface area contributed by atoms with Gasteiger partial charge in [0.05, 0.1) is 11.2 Å². The summed E-state index contributed by atoms with van der Waals surface area (Å²) in [6.07, 6.45) is 3.43. The van der Waals surface area contributed by atoms with E-state index < -0.39 is 0 Å². The van der Waals surface area contributed by atoms with Crippen LogP contribution in [0.2, 0.25) is 0 Å². The summed E-state index contributed by atoms with van der Waals surface area (Å²) in [5.41, 5.74) is 2.29. The zero-order valence-corrected chi connectivity index (χ0v) is 12.3. The molecule has 1 aromatic carbocycles. The Morgan fingerprint density at radius 3 is 2.64 bits per heavy atom. The van der Waals surface area contributed by atoms with E-state index in [4.69, 9.17) is 0 Å². The van der Waals surface area contributed by atoms with Crippen LogP contribution in [0.3, 0.4) is 0 Å². The monoisotopic (exact) mass is 305 g/mol. The zero-order chi connectivity index (χ0) is 14.9. The first-order valence-electron chi connectivity index (χ1n) is 6.81. The summed E-state index contributed by atoms with van der Waals surface area (Å²) in [4.78, 5) is 21.7. The van der Waals surface area contributed by atoms with Crippen LogP contribution in [0.5, 0.6) is 0 Å². The molecule has 0 bridgehead atoms. The van der Waals surface area contributed by atoms with Gasteiger partial charge < -0.3 is 0 Å². The largest absolute Gasteiger partial charge is 0.276 e. The highest BCUT2D eigenvalue weighted by molar-refractivity contribution is 7.17. The minimum Gasteiger partial charge on any atom is -0.267 e. The Kier molecular flexibility index (Phi) is 3.05. The maximum absolute atomic E-state index is 12.9. The van der Waals surface area contributed by atoms with Gasteiger partial charge in [-0.15, -0.1) is 11.3 Å².